The molecule has 0 bridgehead atoms. The summed E-state index contributed by atoms with van der Waals surface area (Å²) in [4.78, 5) is 11.9. The van der Waals surface area contributed by atoms with Gasteiger partial charge in [0.15, 0.2) is 0 Å². The van der Waals surface area contributed by atoms with Crippen molar-refractivity contribution in [3.8, 4) is 0 Å². The van der Waals surface area contributed by atoms with Gasteiger partial charge in [0, 0.05) is 19.6 Å². The van der Waals surface area contributed by atoms with Gasteiger partial charge in [0.1, 0.15) is 6.10 Å². The molecule has 0 spiro atoms. The number of carbonyl (C=O) groups excluding carboxylic acids is 1. The predicted octanol–water partition coefficient (Wildman–Crippen LogP) is 0.773. The van der Waals surface area contributed by atoms with Crippen LogP contribution in [0.3, 0.4) is 0 Å². The van der Waals surface area contributed by atoms with E-state index in [2.05, 4.69) is 38.3 Å². The molecule has 1 amide bonds. The molecule has 1 aliphatic carbocycles. The second-order valence-electron chi connectivity index (χ2n) is 6.30. The molecule has 1 saturated carbocycles. The number of rotatable bonds is 3. The molecule has 4 heteroatoms. The van der Waals surface area contributed by atoms with Crippen LogP contribution in [-0.2, 0) is 9.53 Å². The van der Waals surface area contributed by atoms with E-state index in [9.17, 15) is 4.79 Å². The molecule has 0 aromatic carbocycles. The van der Waals surface area contributed by atoms with Crippen LogP contribution in [0.15, 0.2) is 0 Å². The van der Waals surface area contributed by atoms with Crippen molar-refractivity contribution in [1.29, 1.82) is 0 Å². The molecule has 0 aromatic heterocycles. The van der Waals surface area contributed by atoms with Crippen molar-refractivity contribution in [3.05, 3.63) is 0 Å². The average Bonchev–Trinajstić information content (AvgIpc) is 2.68. The Morgan fingerprint density at radius 3 is 2.47 bits per heavy atom. The van der Waals surface area contributed by atoms with Gasteiger partial charge in [-0.05, 0) is 16.7 Å². The lowest BCUT2D eigenvalue weighted by atomic mass is 10.0. The van der Waals surface area contributed by atoms with Crippen LogP contribution in [0, 0.1) is 16.7 Å². The topological polar surface area (TPSA) is 50.4 Å². The van der Waals surface area contributed by atoms with Crippen molar-refractivity contribution in [3.63, 3.8) is 0 Å². The van der Waals surface area contributed by atoms with E-state index in [1.54, 1.807) is 0 Å². The van der Waals surface area contributed by atoms with E-state index in [1.165, 1.54) is 0 Å². The first kappa shape index (κ1) is 12.8. The summed E-state index contributed by atoms with van der Waals surface area (Å²) in [5, 5.41) is 6.19. The molecule has 1 heterocycles. The highest BCUT2D eigenvalue weighted by molar-refractivity contribution is 5.81. The highest BCUT2D eigenvalue weighted by Gasteiger charge is 2.64. The number of amides is 1. The molecule has 1 aliphatic heterocycles. The number of nitrogens with one attached hydrogen (secondary N) is 2. The van der Waals surface area contributed by atoms with Crippen molar-refractivity contribution in [2.24, 2.45) is 16.7 Å². The van der Waals surface area contributed by atoms with Crippen molar-refractivity contribution < 1.29 is 9.53 Å². The Labute approximate surface area is 103 Å². The summed E-state index contributed by atoms with van der Waals surface area (Å²) in [6.07, 6.45) is -0.311. The lowest BCUT2D eigenvalue weighted by molar-refractivity contribution is -0.134. The largest absolute Gasteiger partial charge is 0.366 e. The summed E-state index contributed by atoms with van der Waals surface area (Å²) in [6, 6.07) is 0. The van der Waals surface area contributed by atoms with Gasteiger partial charge in [-0.1, -0.05) is 27.7 Å². The minimum atomic E-state index is -0.311. The smallest absolute Gasteiger partial charge is 0.250 e. The third kappa shape index (κ3) is 2.20. The average molecular weight is 240 g/mol. The predicted molar refractivity (Wildman–Crippen MR) is 66.7 cm³/mol. The summed E-state index contributed by atoms with van der Waals surface area (Å²) in [5.74, 6) is 0.589. The number of hydrogen-bond acceptors (Lipinski definition) is 3. The van der Waals surface area contributed by atoms with Crippen LogP contribution in [0.4, 0.5) is 0 Å². The zero-order valence-electron chi connectivity index (χ0n) is 11.3. The highest BCUT2D eigenvalue weighted by Crippen LogP contribution is 2.67. The summed E-state index contributed by atoms with van der Waals surface area (Å²) in [5.41, 5.74) is 0.651. The van der Waals surface area contributed by atoms with Crippen molar-refractivity contribution in [2.75, 3.05) is 26.2 Å². The van der Waals surface area contributed by atoms with Crippen LogP contribution < -0.4 is 10.6 Å². The molecule has 1 atom stereocenters. The monoisotopic (exact) mass is 240 g/mol. The number of hydrogen-bond donors (Lipinski definition) is 2. The first-order valence-electron chi connectivity index (χ1n) is 6.47. The molecule has 98 valence electrons. The minimum Gasteiger partial charge on any atom is -0.366 e. The normalized spacial score (nSPS) is 30.9. The number of carbonyl (C=O) groups is 1. The van der Waals surface area contributed by atoms with E-state index in [0.717, 1.165) is 13.1 Å². The Kier molecular flexibility index (Phi) is 3.21. The highest BCUT2D eigenvalue weighted by atomic mass is 16.5. The molecule has 1 unspecified atom stereocenters. The fourth-order valence-corrected chi connectivity index (χ4v) is 2.89. The Balaban J connectivity index is 1.78. The van der Waals surface area contributed by atoms with Gasteiger partial charge >= 0.3 is 0 Å². The Bertz CT molecular complexity index is 293. The molecule has 2 N–H and O–H groups in total. The van der Waals surface area contributed by atoms with Gasteiger partial charge in [-0.2, -0.15) is 0 Å². The van der Waals surface area contributed by atoms with Crippen LogP contribution >= 0.6 is 0 Å². The summed E-state index contributed by atoms with van der Waals surface area (Å²) < 4.78 is 5.42. The molecule has 4 nitrogen and oxygen atoms in total. The van der Waals surface area contributed by atoms with Gasteiger partial charge in [-0.3, -0.25) is 4.79 Å². The van der Waals surface area contributed by atoms with Gasteiger partial charge in [-0.15, -0.1) is 0 Å². The molecule has 2 aliphatic rings. The molecular weight excluding hydrogens is 216 g/mol. The van der Waals surface area contributed by atoms with E-state index in [4.69, 9.17) is 4.74 Å². The third-order valence-electron chi connectivity index (χ3n) is 5.02. The molecule has 1 saturated heterocycles. The quantitative estimate of drug-likeness (QED) is 0.766. The second kappa shape index (κ2) is 4.25. The number of ether oxygens (including phenoxy) is 1. The van der Waals surface area contributed by atoms with Gasteiger partial charge < -0.3 is 15.4 Å². The zero-order valence-corrected chi connectivity index (χ0v) is 11.3. The molecular formula is C13H24N2O2. The number of morpholine rings is 1. The maximum atomic E-state index is 11.9. The van der Waals surface area contributed by atoms with Gasteiger partial charge in [-0.25, -0.2) is 0 Å². The molecule has 2 rings (SSSR count). The maximum absolute atomic E-state index is 11.9. The summed E-state index contributed by atoms with van der Waals surface area (Å²) in [6.45, 7) is 11.9. The van der Waals surface area contributed by atoms with E-state index in [1.807, 2.05) is 0 Å². The lowest BCUT2D eigenvalue weighted by Gasteiger charge is -2.22. The van der Waals surface area contributed by atoms with Crippen LogP contribution in [0.5, 0.6) is 0 Å². The summed E-state index contributed by atoms with van der Waals surface area (Å²) in [7, 11) is 0. The molecule has 0 aromatic rings. The van der Waals surface area contributed by atoms with Crippen LogP contribution in [0.2, 0.25) is 0 Å². The van der Waals surface area contributed by atoms with Crippen molar-refractivity contribution in [2.45, 2.75) is 33.8 Å². The third-order valence-corrected chi connectivity index (χ3v) is 5.02. The van der Waals surface area contributed by atoms with E-state index in [-0.39, 0.29) is 12.0 Å². The Morgan fingerprint density at radius 2 is 2.00 bits per heavy atom. The van der Waals surface area contributed by atoms with Crippen LogP contribution in [0.1, 0.15) is 27.7 Å². The standard InChI is InChI=1S/C13H24N2O2/c1-12(2)10(13(12,3)4)8-15-11(16)9-7-14-5-6-17-9/h9-10,14H,5-8H2,1-4H3,(H,15,16). The zero-order chi connectivity index (χ0) is 12.7. The molecule has 2 fully saturated rings. The fourth-order valence-electron chi connectivity index (χ4n) is 2.89. The summed E-state index contributed by atoms with van der Waals surface area (Å²) >= 11 is 0. The van der Waals surface area contributed by atoms with E-state index >= 15 is 0 Å². The van der Waals surface area contributed by atoms with E-state index in [0.29, 0.717) is 29.9 Å². The molecule has 17 heavy (non-hydrogen) atoms. The molecule has 0 radical (unpaired) electrons. The first-order chi connectivity index (χ1) is 7.87. The van der Waals surface area contributed by atoms with Crippen molar-refractivity contribution >= 4 is 5.91 Å². The minimum absolute atomic E-state index is 0.0238. The second-order valence-corrected chi connectivity index (χ2v) is 6.30. The Hall–Kier alpha value is -0.610. The fraction of sp³-hybridized carbons (Fsp3) is 0.923. The maximum Gasteiger partial charge on any atom is 0.250 e. The Morgan fingerprint density at radius 1 is 1.35 bits per heavy atom. The lowest BCUT2D eigenvalue weighted by Crippen LogP contribution is -2.48. The van der Waals surface area contributed by atoms with Crippen LogP contribution in [0.25, 0.3) is 0 Å². The first-order valence-corrected chi connectivity index (χ1v) is 6.47. The van der Waals surface area contributed by atoms with Crippen LogP contribution in [-0.4, -0.2) is 38.3 Å². The SMILES string of the molecule is CC1(C)C(CNC(=O)C2CNCCO2)C1(C)C. The van der Waals surface area contributed by atoms with Crippen molar-refractivity contribution in [1.82, 2.24) is 10.6 Å². The van der Waals surface area contributed by atoms with Gasteiger partial charge in [0.2, 0.25) is 5.91 Å². The van der Waals surface area contributed by atoms with Gasteiger partial charge in [0.25, 0.3) is 0 Å². The van der Waals surface area contributed by atoms with E-state index < -0.39 is 0 Å². The van der Waals surface area contributed by atoms with Gasteiger partial charge in [0.05, 0.1) is 6.61 Å².